The van der Waals surface area contributed by atoms with Gasteiger partial charge in [-0.15, -0.1) is 0 Å². The van der Waals surface area contributed by atoms with E-state index in [4.69, 9.17) is 16.3 Å². The molecule has 0 spiro atoms. The van der Waals surface area contributed by atoms with E-state index in [-0.39, 0.29) is 5.91 Å². The first-order valence-corrected chi connectivity index (χ1v) is 8.44. The zero-order valence-corrected chi connectivity index (χ0v) is 14.7. The molecule has 0 fully saturated rings. The molecule has 0 aliphatic rings. The molecule has 0 unspecified atom stereocenters. The summed E-state index contributed by atoms with van der Waals surface area (Å²) in [5.41, 5.74) is 4.94. The molecule has 0 radical (unpaired) electrons. The van der Waals surface area contributed by atoms with Gasteiger partial charge in [0.15, 0.2) is 0 Å². The van der Waals surface area contributed by atoms with Crippen LogP contribution in [-0.2, 0) is 6.61 Å². The van der Waals surface area contributed by atoms with E-state index in [1.54, 1.807) is 42.6 Å². The van der Waals surface area contributed by atoms with Gasteiger partial charge in [0.2, 0.25) is 0 Å². The minimum absolute atomic E-state index is 0.287. The maximum Gasteiger partial charge on any atom is 0.271 e. The van der Waals surface area contributed by atoms with Crippen molar-refractivity contribution < 1.29 is 9.53 Å². The van der Waals surface area contributed by atoms with Crippen molar-refractivity contribution in [3.63, 3.8) is 0 Å². The summed E-state index contributed by atoms with van der Waals surface area (Å²) in [7, 11) is 0. The van der Waals surface area contributed by atoms with Crippen LogP contribution in [-0.4, -0.2) is 12.1 Å². The molecule has 1 amide bonds. The summed E-state index contributed by atoms with van der Waals surface area (Å²) in [6, 6.07) is 24.0. The van der Waals surface area contributed by atoms with Crippen LogP contribution in [0, 0.1) is 0 Å². The predicted molar refractivity (Wildman–Crippen MR) is 104 cm³/mol. The molecule has 0 atom stereocenters. The lowest BCUT2D eigenvalue weighted by Gasteiger charge is -2.07. The Kier molecular flexibility index (Phi) is 6.01. The largest absolute Gasteiger partial charge is 0.489 e. The second-order valence-corrected chi connectivity index (χ2v) is 5.99. The van der Waals surface area contributed by atoms with Crippen molar-refractivity contribution in [1.29, 1.82) is 0 Å². The molecule has 26 heavy (non-hydrogen) atoms. The first-order chi connectivity index (χ1) is 12.7. The summed E-state index contributed by atoms with van der Waals surface area (Å²) in [5, 5.41) is 4.60. The van der Waals surface area contributed by atoms with Crippen LogP contribution in [0.5, 0.6) is 5.75 Å². The Morgan fingerprint density at radius 1 is 0.962 bits per heavy atom. The third-order valence-electron chi connectivity index (χ3n) is 3.61. The molecule has 0 bridgehead atoms. The zero-order chi connectivity index (χ0) is 18.2. The van der Waals surface area contributed by atoms with E-state index in [1.165, 1.54) is 0 Å². The normalized spacial score (nSPS) is 10.7. The number of hydrazone groups is 1. The smallest absolute Gasteiger partial charge is 0.271 e. The number of halogens is 1. The van der Waals surface area contributed by atoms with Gasteiger partial charge in [-0.3, -0.25) is 4.79 Å². The second kappa shape index (κ2) is 8.83. The molecule has 5 heteroatoms. The molecule has 4 nitrogen and oxygen atoms in total. The fourth-order valence-electron chi connectivity index (χ4n) is 2.22. The molecule has 3 aromatic carbocycles. The van der Waals surface area contributed by atoms with Gasteiger partial charge in [-0.25, -0.2) is 5.43 Å². The van der Waals surface area contributed by atoms with Crippen molar-refractivity contribution in [1.82, 2.24) is 5.43 Å². The molecule has 1 N–H and O–H groups in total. The third-order valence-corrected chi connectivity index (χ3v) is 3.87. The van der Waals surface area contributed by atoms with E-state index in [0.717, 1.165) is 11.1 Å². The van der Waals surface area contributed by atoms with E-state index in [2.05, 4.69) is 10.5 Å². The lowest BCUT2D eigenvalue weighted by atomic mass is 10.2. The van der Waals surface area contributed by atoms with E-state index in [1.807, 2.05) is 42.5 Å². The topological polar surface area (TPSA) is 50.7 Å². The maximum absolute atomic E-state index is 12.1. The van der Waals surface area contributed by atoms with Crippen LogP contribution in [0.3, 0.4) is 0 Å². The van der Waals surface area contributed by atoms with Gasteiger partial charge < -0.3 is 4.74 Å². The van der Waals surface area contributed by atoms with Crippen molar-refractivity contribution >= 4 is 23.7 Å². The summed E-state index contributed by atoms with van der Waals surface area (Å²) >= 11 is 5.82. The molecule has 3 rings (SSSR count). The van der Waals surface area contributed by atoms with Crippen molar-refractivity contribution in [3.8, 4) is 5.75 Å². The number of carbonyl (C=O) groups is 1. The average Bonchev–Trinajstić information content (AvgIpc) is 2.69. The van der Waals surface area contributed by atoms with Crippen LogP contribution in [0.4, 0.5) is 0 Å². The first kappa shape index (κ1) is 17.7. The number of rotatable bonds is 6. The Hall–Kier alpha value is -3.11. The number of hydrogen-bond acceptors (Lipinski definition) is 3. The Morgan fingerprint density at radius 2 is 1.65 bits per heavy atom. The number of ether oxygens (including phenoxy) is 1. The van der Waals surface area contributed by atoms with Gasteiger partial charge in [-0.05, 0) is 47.5 Å². The molecule has 130 valence electrons. The number of nitrogens with one attached hydrogen (secondary N) is 1. The number of benzene rings is 3. The highest BCUT2D eigenvalue weighted by molar-refractivity contribution is 6.30. The lowest BCUT2D eigenvalue weighted by Crippen LogP contribution is -2.17. The van der Waals surface area contributed by atoms with Crippen LogP contribution in [0.1, 0.15) is 21.5 Å². The number of hydrogen-bond donors (Lipinski definition) is 1. The molecule has 3 aromatic rings. The van der Waals surface area contributed by atoms with E-state index in [9.17, 15) is 4.79 Å². The van der Waals surface area contributed by atoms with Crippen LogP contribution < -0.4 is 10.2 Å². The van der Waals surface area contributed by atoms with Gasteiger partial charge in [0, 0.05) is 10.6 Å². The van der Waals surface area contributed by atoms with Gasteiger partial charge >= 0.3 is 0 Å². The standard InChI is InChI=1S/C21H17ClN2O2/c22-19-10-6-16(7-11-19)14-23-24-21(25)18-8-12-20(13-9-18)26-15-17-4-2-1-3-5-17/h1-14H,15H2,(H,24,25)/b23-14-. The highest BCUT2D eigenvalue weighted by Crippen LogP contribution is 2.14. The van der Waals surface area contributed by atoms with Crippen molar-refractivity contribution in [2.45, 2.75) is 6.61 Å². The summed E-state index contributed by atoms with van der Waals surface area (Å²) in [4.78, 5) is 12.1. The van der Waals surface area contributed by atoms with Gasteiger partial charge in [-0.2, -0.15) is 5.10 Å². The summed E-state index contributed by atoms with van der Waals surface area (Å²) in [6.45, 7) is 0.484. The number of nitrogens with zero attached hydrogens (tertiary/aromatic N) is 1. The van der Waals surface area contributed by atoms with Crippen molar-refractivity contribution in [2.75, 3.05) is 0 Å². The van der Waals surface area contributed by atoms with E-state index < -0.39 is 0 Å². The molecule has 0 aliphatic heterocycles. The van der Waals surface area contributed by atoms with Gasteiger partial charge in [0.1, 0.15) is 12.4 Å². The molecule has 0 saturated heterocycles. The number of carbonyl (C=O) groups excluding carboxylic acids is 1. The third kappa shape index (κ3) is 5.19. The molecule has 0 aliphatic carbocycles. The van der Waals surface area contributed by atoms with Crippen LogP contribution in [0.2, 0.25) is 5.02 Å². The van der Waals surface area contributed by atoms with Gasteiger partial charge in [-0.1, -0.05) is 54.1 Å². The fraction of sp³-hybridized carbons (Fsp3) is 0.0476. The molecular weight excluding hydrogens is 348 g/mol. The molecule has 0 saturated carbocycles. The van der Waals surface area contributed by atoms with Crippen LogP contribution >= 0.6 is 11.6 Å². The predicted octanol–water partition coefficient (Wildman–Crippen LogP) is 4.68. The van der Waals surface area contributed by atoms with Crippen LogP contribution in [0.15, 0.2) is 84.0 Å². The first-order valence-electron chi connectivity index (χ1n) is 8.06. The Bertz CT molecular complexity index is 876. The quantitative estimate of drug-likeness (QED) is 0.510. The van der Waals surface area contributed by atoms with E-state index >= 15 is 0 Å². The highest BCUT2D eigenvalue weighted by Gasteiger charge is 2.04. The average molecular weight is 365 g/mol. The maximum atomic E-state index is 12.1. The van der Waals surface area contributed by atoms with Gasteiger partial charge in [0.25, 0.3) is 5.91 Å². The SMILES string of the molecule is O=C(N/N=C\c1ccc(Cl)cc1)c1ccc(OCc2ccccc2)cc1. The van der Waals surface area contributed by atoms with Gasteiger partial charge in [0.05, 0.1) is 6.21 Å². The molecular formula is C21H17ClN2O2. The fourth-order valence-corrected chi connectivity index (χ4v) is 2.35. The van der Waals surface area contributed by atoms with E-state index in [0.29, 0.717) is 22.9 Å². The minimum atomic E-state index is -0.287. The summed E-state index contributed by atoms with van der Waals surface area (Å²) < 4.78 is 5.70. The Balaban J connectivity index is 1.52. The molecule has 0 aromatic heterocycles. The van der Waals surface area contributed by atoms with Crippen LogP contribution in [0.25, 0.3) is 0 Å². The molecule has 0 heterocycles. The minimum Gasteiger partial charge on any atom is -0.489 e. The summed E-state index contributed by atoms with van der Waals surface area (Å²) in [5.74, 6) is 0.417. The zero-order valence-electron chi connectivity index (χ0n) is 13.9. The Morgan fingerprint density at radius 3 is 2.35 bits per heavy atom. The van der Waals surface area contributed by atoms with Crippen molar-refractivity contribution in [2.24, 2.45) is 5.10 Å². The van der Waals surface area contributed by atoms with Crippen molar-refractivity contribution in [3.05, 3.63) is 101 Å². The second-order valence-electron chi connectivity index (χ2n) is 5.55. The summed E-state index contributed by atoms with van der Waals surface area (Å²) in [6.07, 6.45) is 1.56. The Labute approximate surface area is 157 Å². The lowest BCUT2D eigenvalue weighted by molar-refractivity contribution is 0.0955. The monoisotopic (exact) mass is 364 g/mol. The highest BCUT2D eigenvalue weighted by atomic mass is 35.5. The number of amides is 1.